The highest BCUT2D eigenvalue weighted by Gasteiger charge is 2.35. The zero-order chi connectivity index (χ0) is 26.5. The van der Waals surface area contributed by atoms with Gasteiger partial charge in [0.05, 0.1) is 12.2 Å². The van der Waals surface area contributed by atoms with Gasteiger partial charge in [0.1, 0.15) is 12.4 Å². The molecule has 1 N–H and O–H groups in total. The third-order valence-electron chi connectivity index (χ3n) is 4.91. The summed E-state index contributed by atoms with van der Waals surface area (Å²) in [6.45, 7) is 2.40. The lowest BCUT2D eigenvalue weighted by Crippen LogP contribution is -2.37. The molecule has 0 saturated carbocycles. The van der Waals surface area contributed by atoms with Crippen LogP contribution < -0.4 is 9.46 Å². The number of carbonyl (C=O) groups is 1. The molecule has 0 radical (unpaired) electrons. The molecular formula is C23H22Cl2F3N3O4S. The minimum absolute atomic E-state index is 0.0384. The van der Waals surface area contributed by atoms with Crippen molar-refractivity contribution in [3.05, 3.63) is 81.1 Å². The van der Waals surface area contributed by atoms with Crippen LogP contribution in [0.2, 0.25) is 10.0 Å². The molecular weight excluding hydrogens is 542 g/mol. The second kappa shape index (κ2) is 11.5. The molecule has 0 bridgehead atoms. The Balaban J connectivity index is 1.64. The summed E-state index contributed by atoms with van der Waals surface area (Å²) < 4.78 is 68.9. The number of alkyl halides is 3. The highest BCUT2D eigenvalue weighted by atomic mass is 35.5. The van der Waals surface area contributed by atoms with Gasteiger partial charge in [0.2, 0.25) is 15.9 Å². The molecule has 0 aliphatic heterocycles. The van der Waals surface area contributed by atoms with Crippen LogP contribution in [0.3, 0.4) is 0 Å². The Morgan fingerprint density at radius 2 is 1.75 bits per heavy atom. The second-order valence-corrected chi connectivity index (χ2v) is 10.6. The van der Waals surface area contributed by atoms with Gasteiger partial charge < -0.3 is 4.74 Å². The number of sulfonamides is 1. The lowest BCUT2D eigenvalue weighted by molar-refractivity contribution is -0.119. The Morgan fingerprint density at radius 1 is 1.08 bits per heavy atom. The molecule has 0 saturated heterocycles. The van der Waals surface area contributed by atoms with E-state index in [1.54, 1.807) is 48.0 Å². The van der Waals surface area contributed by atoms with Crippen molar-refractivity contribution in [2.45, 2.75) is 39.1 Å². The van der Waals surface area contributed by atoms with E-state index in [2.05, 4.69) is 5.10 Å². The topological polar surface area (TPSA) is 90.3 Å². The molecule has 0 atom stereocenters. The van der Waals surface area contributed by atoms with Crippen LogP contribution in [0.1, 0.15) is 28.9 Å². The molecule has 1 aromatic heterocycles. The first-order chi connectivity index (χ1) is 16.8. The zero-order valence-corrected chi connectivity index (χ0v) is 21.3. The minimum atomic E-state index is -4.94. The molecule has 2 aromatic carbocycles. The molecule has 3 aromatic rings. The molecule has 0 aliphatic carbocycles. The first-order valence-electron chi connectivity index (χ1n) is 10.6. The van der Waals surface area contributed by atoms with Crippen molar-refractivity contribution in [1.82, 2.24) is 14.5 Å². The Morgan fingerprint density at radius 3 is 2.42 bits per heavy atom. The van der Waals surface area contributed by atoms with E-state index in [4.69, 9.17) is 27.9 Å². The van der Waals surface area contributed by atoms with Crippen LogP contribution in [0.25, 0.3) is 0 Å². The number of halogens is 5. The van der Waals surface area contributed by atoms with Gasteiger partial charge in [-0.25, -0.2) is 8.42 Å². The van der Waals surface area contributed by atoms with Gasteiger partial charge in [-0.05, 0) is 48.9 Å². The van der Waals surface area contributed by atoms with E-state index in [-0.39, 0.29) is 12.8 Å². The first kappa shape index (κ1) is 27.8. The summed E-state index contributed by atoms with van der Waals surface area (Å²) in [7, 11) is -4.81. The molecule has 0 aliphatic rings. The third-order valence-corrected chi connectivity index (χ3v) is 6.65. The molecule has 194 valence electrons. The summed E-state index contributed by atoms with van der Waals surface area (Å²) in [6.07, 6.45) is -5.25. The normalized spacial score (nSPS) is 11.9. The Hall–Kier alpha value is -2.76. The minimum Gasteiger partial charge on any atom is -0.489 e. The molecule has 3 rings (SSSR count). The van der Waals surface area contributed by atoms with E-state index in [0.717, 1.165) is 16.8 Å². The lowest BCUT2D eigenvalue weighted by atomic mass is 10.2. The van der Waals surface area contributed by atoms with Crippen LogP contribution in [0.4, 0.5) is 13.2 Å². The highest BCUT2D eigenvalue weighted by Crippen LogP contribution is 2.26. The van der Waals surface area contributed by atoms with Crippen LogP contribution in [0.5, 0.6) is 5.75 Å². The van der Waals surface area contributed by atoms with E-state index in [9.17, 15) is 26.4 Å². The van der Waals surface area contributed by atoms with Gasteiger partial charge in [0, 0.05) is 34.1 Å². The van der Waals surface area contributed by atoms with E-state index in [0.29, 0.717) is 34.6 Å². The van der Waals surface area contributed by atoms with Gasteiger partial charge in [-0.1, -0.05) is 35.3 Å². The number of nitrogens with one attached hydrogen (secondary N) is 1. The summed E-state index contributed by atoms with van der Waals surface area (Å²) in [5, 5.41) is 5.55. The number of hydrogen-bond acceptors (Lipinski definition) is 5. The number of ether oxygens (including phenoxy) is 1. The van der Waals surface area contributed by atoms with Crippen LogP contribution in [-0.2, 0) is 34.4 Å². The molecule has 36 heavy (non-hydrogen) atoms. The highest BCUT2D eigenvalue weighted by molar-refractivity contribution is 7.90. The molecule has 0 fully saturated rings. The summed E-state index contributed by atoms with van der Waals surface area (Å²) in [4.78, 5) is 11.9. The first-order valence-corrected chi connectivity index (χ1v) is 13.0. The van der Waals surface area contributed by atoms with Crippen molar-refractivity contribution in [2.75, 3.05) is 5.75 Å². The largest absolute Gasteiger partial charge is 0.489 e. The van der Waals surface area contributed by atoms with E-state index in [1.807, 2.05) is 12.1 Å². The monoisotopic (exact) mass is 563 g/mol. The van der Waals surface area contributed by atoms with Crippen LogP contribution >= 0.6 is 23.2 Å². The summed E-state index contributed by atoms with van der Waals surface area (Å²) in [5.41, 5.74) is 2.90. The van der Waals surface area contributed by atoms with Crippen LogP contribution in [-0.4, -0.2) is 36.0 Å². The maximum Gasteiger partial charge on any atom is 0.404 e. The summed E-state index contributed by atoms with van der Waals surface area (Å²) in [6, 6.07) is 14.1. The second-order valence-electron chi connectivity index (χ2n) is 8.00. The predicted molar refractivity (Wildman–Crippen MR) is 130 cm³/mol. The van der Waals surface area contributed by atoms with Crippen molar-refractivity contribution < 1.29 is 31.1 Å². The van der Waals surface area contributed by atoms with E-state index >= 15 is 0 Å². The van der Waals surface area contributed by atoms with Gasteiger partial charge in [0.25, 0.3) is 0 Å². The number of hydrogen-bond donors (Lipinski definition) is 1. The number of carbonyl (C=O) groups excluding carboxylic acids is 1. The predicted octanol–water partition coefficient (Wildman–Crippen LogP) is 5.07. The summed E-state index contributed by atoms with van der Waals surface area (Å²) in [5.74, 6) is -2.57. The van der Waals surface area contributed by atoms with Crippen molar-refractivity contribution in [1.29, 1.82) is 0 Å². The van der Waals surface area contributed by atoms with Gasteiger partial charge >= 0.3 is 6.18 Å². The number of rotatable bonds is 10. The Labute approximate surface area is 216 Å². The SMILES string of the molecule is Cc1cc(CCC(=O)NS(=O)(=O)CC(F)(F)F)nn1Cc1cc(Cl)ccc1OCc1ccc(Cl)cc1. The van der Waals surface area contributed by atoms with Crippen molar-refractivity contribution in [3.8, 4) is 5.75 Å². The van der Waals surface area contributed by atoms with Crippen molar-refractivity contribution in [3.63, 3.8) is 0 Å². The van der Waals surface area contributed by atoms with Crippen molar-refractivity contribution >= 4 is 39.1 Å². The van der Waals surface area contributed by atoms with Gasteiger partial charge in [-0.3, -0.25) is 14.2 Å². The standard InChI is InChI=1S/C23H22Cl2F3N3O4S/c1-15-10-20(7-9-22(32)30-36(33,34)14-23(26,27)28)29-31(15)12-17-11-19(25)6-8-21(17)35-13-16-2-4-18(24)5-3-16/h2-6,8,10-11H,7,9,12-14H2,1H3,(H,30,32). The van der Waals surface area contributed by atoms with E-state index in [1.165, 1.54) is 4.72 Å². The smallest absolute Gasteiger partial charge is 0.404 e. The quantitative estimate of drug-likeness (QED) is 0.372. The third kappa shape index (κ3) is 8.72. The lowest BCUT2D eigenvalue weighted by Gasteiger charge is -2.13. The number of aromatic nitrogens is 2. The molecule has 1 amide bonds. The fourth-order valence-corrected chi connectivity index (χ4v) is 4.57. The number of nitrogens with zero attached hydrogens (tertiary/aromatic N) is 2. The fraction of sp³-hybridized carbons (Fsp3) is 0.304. The van der Waals surface area contributed by atoms with Crippen LogP contribution in [0.15, 0.2) is 48.5 Å². The molecule has 0 spiro atoms. The molecule has 7 nitrogen and oxygen atoms in total. The van der Waals surface area contributed by atoms with Gasteiger partial charge in [-0.15, -0.1) is 0 Å². The maximum atomic E-state index is 12.3. The summed E-state index contributed by atoms with van der Waals surface area (Å²) >= 11 is 12.1. The van der Waals surface area contributed by atoms with Crippen LogP contribution in [0, 0.1) is 6.92 Å². The molecule has 1 heterocycles. The number of benzene rings is 2. The molecule has 13 heteroatoms. The number of amides is 1. The fourth-order valence-electron chi connectivity index (χ4n) is 3.29. The average Bonchev–Trinajstić information content (AvgIpc) is 3.10. The zero-order valence-electron chi connectivity index (χ0n) is 19.0. The Bertz CT molecular complexity index is 1330. The van der Waals surface area contributed by atoms with Gasteiger partial charge in [0.15, 0.2) is 5.75 Å². The maximum absolute atomic E-state index is 12.3. The van der Waals surface area contributed by atoms with Crippen molar-refractivity contribution in [2.24, 2.45) is 0 Å². The molecule has 0 unspecified atom stereocenters. The average molecular weight is 564 g/mol. The van der Waals surface area contributed by atoms with E-state index < -0.39 is 27.9 Å². The van der Waals surface area contributed by atoms with Gasteiger partial charge in [-0.2, -0.15) is 18.3 Å². The number of aryl methyl sites for hydroxylation is 2. The Kier molecular flexibility index (Phi) is 8.91.